The number of hydrogen-bond acceptors (Lipinski definition) is 3. The van der Waals surface area contributed by atoms with E-state index in [1.54, 1.807) is 0 Å². The molecule has 22 heavy (non-hydrogen) atoms. The summed E-state index contributed by atoms with van der Waals surface area (Å²) in [6, 6.07) is 8.62. The molecule has 1 saturated heterocycles. The van der Waals surface area contributed by atoms with Crippen LogP contribution in [0, 0.1) is 5.92 Å². The molecule has 4 nitrogen and oxygen atoms in total. The molecule has 1 unspecified atom stereocenters. The van der Waals surface area contributed by atoms with Crippen LogP contribution >= 0.6 is 0 Å². The summed E-state index contributed by atoms with van der Waals surface area (Å²) in [6.07, 6.45) is 1.10. The minimum atomic E-state index is 0.0432. The highest BCUT2D eigenvalue weighted by atomic mass is 16.5. The fraction of sp³-hybridized carbons (Fsp3) is 0.611. The van der Waals surface area contributed by atoms with E-state index in [2.05, 4.69) is 48.3 Å². The number of nitrogens with one attached hydrogen (secondary N) is 1. The second-order valence-corrected chi connectivity index (χ2v) is 6.52. The summed E-state index contributed by atoms with van der Waals surface area (Å²) >= 11 is 0. The standard InChI is InChI=1S/C18H28N2O2/c1-14(2)12-16-4-6-17(7-5-16)15(3)19-18(21)13-20-8-10-22-11-9-20/h4-7,14-15H,8-13H2,1-3H3,(H,19,21). The molecule has 0 radical (unpaired) electrons. The van der Waals surface area contributed by atoms with Gasteiger partial charge in [0.05, 0.1) is 25.8 Å². The molecule has 0 bridgehead atoms. The van der Waals surface area contributed by atoms with E-state index in [9.17, 15) is 4.79 Å². The smallest absolute Gasteiger partial charge is 0.234 e. The predicted molar refractivity (Wildman–Crippen MR) is 88.8 cm³/mol. The van der Waals surface area contributed by atoms with Gasteiger partial charge in [0, 0.05) is 13.1 Å². The molecule has 1 aliphatic rings. The molecule has 1 N–H and O–H groups in total. The fourth-order valence-corrected chi connectivity index (χ4v) is 2.75. The first-order valence-corrected chi connectivity index (χ1v) is 8.23. The van der Waals surface area contributed by atoms with E-state index >= 15 is 0 Å². The van der Waals surface area contributed by atoms with Crippen molar-refractivity contribution in [3.63, 3.8) is 0 Å². The molecule has 1 aliphatic heterocycles. The molecule has 0 aromatic heterocycles. The van der Waals surface area contributed by atoms with Crippen molar-refractivity contribution in [2.75, 3.05) is 32.8 Å². The number of amides is 1. The van der Waals surface area contributed by atoms with Gasteiger partial charge in [0.1, 0.15) is 0 Å². The number of carbonyl (C=O) groups is 1. The van der Waals surface area contributed by atoms with Crippen LogP contribution < -0.4 is 5.32 Å². The molecule has 1 amide bonds. The second kappa shape index (κ2) is 8.30. The van der Waals surface area contributed by atoms with E-state index < -0.39 is 0 Å². The van der Waals surface area contributed by atoms with Gasteiger partial charge in [0.15, 0.2) is 0 Å². The van der Waals surface area contributed by atoms with Crippen LogP contribution in [0.25, 0.3) is 0 Å². The van der Waals surface area contributed by atoms with Gasteiger partial charge in [-0.05, 0) is 30.4 Å². The van der Waals surface area contributed by atoms with Crippen LogP contribution in [0.2, 0.25) is 0 Å². The molecule has 1 aromatic carbocycles. The summed E-state index contributed by atoms with van der Waals surface area (Å²) in [5.74, 6) is 0.747. The topological polar surface area (TPSA) is 41.6 Å². The molecular formula is C18H28N2O2. The Balaban J connectivity index is 1.82. The first kappa shape index (κ1) is 17.0. The maximum atomic E-state index is 12.1. The van der Waals surface area contributed by atoms with Crippen LogP contribution in [-0.4, -0.2) is 43.7 Å². The SMILES string of the molecule is CC(C)Cc1ccc(C(C)NC(=O)CN2CCOCC2)cc1. The Morgan fingerprint density at radius 1 is 1.18 bits per heavy atom. The Labute approximate surface area is 133 Å². The minimum Gasteiger partial charge on any atom is -0.379 e. The largest absolute Gasteiger partial charge is 0.379 e. The van der Waals surface area contributed by atoms with E-state index in [0.29, 0.717) is 12.5 Å². The van der Waals surface area contributed by atoms with Crippen molar-refractivity contribution >= 4 is 5.91 Å². The van der Waals surface area contributed by atoms with Crippen molar-refractivity contribution in [1.82, 2.24) is 10.2 Å². The van der Waals surface area contributed by atoms with E-state index in [4.69, 9.17) is 4.74 Å². The Morgan fingerprint density at radius 3 is 2.41 bits per heavy atom. The number of hydrogen-bond donors (Lipinski definition) is 1. The lowest BCUT2D eigenvalue weighted by molar-refractivity contribution is -0.123. The number of carbonyl (C=O) groups excluding carboxylic acids is 1. The van der Waals surface area contributed by atoms with Gasteiger partial charge in [-0.15, -0.1) is 0 Å². The van der Waals surface area contributed by atoms with Crippen molar-refractivity contribution in [3.05, 3.63) is 35.4 Å². The van der Waals surface area contributed by atoms with Crippen LogP contribution in [0.15, 0.2) is 24.3 Å². The summed E-state index contributed by atoms with van der Waals surface area (Å²) in [4.78, 5) is 14.3. The van der Waals surface area contributed by atoms with Gasteiger partial charge < -0.3 is 10.1 Å². The number of ether oxygens (including phenoxy) is 1. The molecule has 122 valence electrons. The minimum absolute atomic E-state index is 0.0432. The second-order valence-electron chi connectivity index (χ2n) is 6.52. The number of benzene rings is 1. The van der Waals surface area contributed by atoms with E-state index in [1.165, 1.54) is 5.56 Å². The zero-order valence-electron chi connectivity index (χ0n) is 14.0. The van der Waals surface area contributed by atoms with Gasteiger partial charge in [0.25, 0.3) is 0 Å². The lowest BCUT2D eigenvalue weighted by atomic mass is 10.00. The van der Waals surface area contributed by atoms with Crippen LogP contribution in [0.5, 0.6) is 0 Å². The van der Waals surface area contributed by atoms with Crippen molar-refractivity contribution in [2.24, 2.45) is 5.92 Å². The van der Waals surface area contributed by atoms with E-state index in [-0.39, 0.29) is 11.9 Å². The summed E-state index contributed by atoms with van der Waals surface area (Å²) in [5, 5.41) is 3.08. The maximum absolute atomic E-state index is 12.1. The molecular weight excluding hydrogens is 276 g/mol. The summed E-state index contributed by atoms with van der Waals surface area (Å²) in [6.45, 7) is 10.1. The van der Waals surface area contributed by atoms with Crippen LogP contribution in [-0.2, 0) is 16.0 Å². The maximum Gasteiger partial charge on any atom is 0.234 e. The zero-order valence-corrected chi connectivity index (χ0v) is 14.0. The van der Waals surface area contributed by atoms with Gasteiger partial charge in [-0.3, -0.25) is 9.69 Å². The van der Waals surface area contributed by atoms with Crippen molar-refractivity contribution < 1.29 is 9.53 Å². The third-order valence-corrected chi connectivity index (χ3v) is 3.97. The van der Waals surface area contributed by atoms with Crippen molar-refractivity contribution in [1.29, 1.82) is 0 Å². The zero-order chi connectivity index (χ0) is 15.9. The molecule has 0 spiro atoms. The molecule has 1 heterocycles. The highest BCUT2D eigenvalue weighted by Gasteiger charge is 2.16. The Morgan fingerprint density at radius 2 is 1.82 bits per heavy atom. The summed E-state index contributed by atoms with van der Waals surface area (Å²) in [5.41, 5.74) is 2.51. The van der Waals surface area contributed by atoms with Gasteiger partial charge in [-0.25, -0.2) is 0 Å². The molecule has 1 atom stereocenters. The van der Waals surface area contributed by atoms with Gasteiger partial charge in [-0.2, -0.15) is 0 Å². The van der Waals surface area contributed by atoms with Gasteiger partial charge >= 0.3 is 0 Å². The molecule has 1 aromatic rings. The number of nitrogens with zero attached hydrogens (tertiary/aromatic N) is 1. The highest BCUT2D eigenvalue weighted by Crippen LogP contribution is 2.15. The van der Waals surface area contributed by atoms with Crippen LogP contribution in [0.4, 0.5) is 0 Å². The fourth-order valence-electron chi connectivity index (χ4n) is 2.75. The molecule has 0 saturated carbocycles. The quantitative estimate of drug-likeness (QED) is 0.877. The lowest BCUT2D eigenvalue weighted by Crippen LogP contribution is -2.43. The number of rotatable bonds is 6. The third kappa shape index (κ3) is 5.43. The Kier molecular flexibility index (Phi) is 6.40. The average Bonchev–Trinajstić information content (AvgIpc) is 2.48. The normalized spacial score (nSPS) is 17.5. The first-order chi connectivity index (χ1) is 10.5. The van der Waals surface area contributed by atoms with Gasteiger partial charge in [0.2, 0.25) is 5.91 Å². The third-order valence-electron chi connectivity index (χ3n) is 3.97. The monoisotopic (exact) mass is 304 g/mol. The highest BCUT2D eigenvalue weighted by molar-refractivity contribution is 5.78. The predicted octanol–water partition coefficient (Wildman–Crippen LogP) is 2.39. The van der Waals surface area contributed by atoms with E-state index in [0.717, 1.165) is 38.3 Å². The first-order valence-electron chi connectivity index (χ1n) is 8.23. The summed E-state index contributed by atoms with van der Waals surface area (Å²) in [7, 11) is 0. The average molecular weight is 304 g/mol. The Hall–Kier alpha value is -1.39. The van der Waals surface area contributed by atoms with Crippen LogP contribution in [0.3, 0.4) is 0 Å². The summed E-state index contributed by atoms with van der Waals surface area (Å²) < 4.78 is 5.30. The Bertz CT molecular complexity index is 464. The van der Waals surface area contributed by atoms with Crippen LogP contribution in [0.1, 0.15) is 37.9 Å². The number of morpholine rings is 1. The van der Waals surface area contributed by atoms with Crippen molar-refractivity contribution in [2.45, 2.75) is 33.2 Å². The molecule has 2 rings (SSSR count). The van der Waals surface area contributed by atoms with Gasteiger partial charge in [-0.1, -0.05) is 38.1 Å². The van der Waals surface area contributed by atoms with Crippen molar-refractivity contribution in [3.8, 4) is 0 Å². The lowest BCUT2D eigenvalue weighted by Gasteiger charge is -2.26. The molecule has 0 aliphatic carbocycles. The molecule has 1 fully saturated rings. The molecule has 4 heteroatoms. The van der Waals surface area contributed by atoms with E-state index in [1.807, 2.05) is 6.92 Å².